The van der Waals surface area contributed by atoms with Crippen LogP contribution >= 0.6 is 11.6 Å². The van der Waals surface area contributed by atoms with Crippen molar-refractivity contribution in [3.8, 4) is 11.5 Å². The Morgan fingerprint density at radius 2 is 2.14 bits per heavy atom. The van der Waals surface area contributed by atoms with Gasteiger partial charge in [0, 0.05) is 30.1 Å². The molecule has 0 atom stereocenters. The third-order valence-corrected chi connectivity index (χ3v) is 3.96. The van der Waals surface area contributed by atoms with Crippen molar-refractivity contribution in [2.45, 2.75) is 31.5 Å². The third kappa shape index (κ3) is 3.03. The van der Waals surface area contributed by atoms with Gasteiger partial charge < -0.3 is 19.3 Å². The molecule has 1 N–H and O–H groups in total. The molecular formula is C15H16ClN3O3. The summed E-state index contributed by atoms with van der Waals surface area (Å²) in [6.07, 6.45) is 2.44. The van der Waals surface area contributed by atoms with Crippen LogP contribution in [0.3, 0.4) is 0 Å². The minimum absolute atomic E-state index is 0.158. The van der Waals surface area contributed by atoms with E-state index in [4.69, 9.17) is 25.6 Å². The van der Waals surface area contributed by atoms with E-state index in [1.54, 1.807) is 18.2 Å². The predicted molar refractivity (Wildman–Crippen MR) is 79.3 cm³/mol. The number of hydrogen-bond donors (Lipinski definition) is 1. The van der Waals surface area contributed by atoms with E-state index in [-0.39, 0.29) is 12.7 Å². The molecule has 1 aromatic heterocycles. The van der Waals surface area contributed by atoms with Crippen LogP contribution in [0.25, 0.3) is 0 Å². The van der Waals surface area contributed by atoms with Crippen LogP contribution < -0.4 is 14.8 Å². The molecule has 22 heavy (non-hydrogen) atoms. The molecule has 0 spiro atoms. The number of rotatable bonds is 6. The van der Waals surface area contributed by atoms with Crippen molar-refractivity contribution in [3.63, 3.8) is 0 Å². The molecule has 0 amide bonds. The Labute approximate surface area is 132 Å². The number of nitrogens with one attached hydrogen (secondary N) is 1. The number of hydrogen-bond acceptors (Lipinski definition) is 6. The van der Waals surface area contributed by atoms with Crippen LogP contribution in [0.15, 0.2) is 22.7 Å². The van der Waals surface area contributed by atoms with Crippen molar-refractivity contribution in [2.75, 3.05) is 13.1 Å². The zero-order valence-corrected chi connectivity index (χ0v) is 12.7. The van der Waals surface area contributed by atoms with E-state index in [1.165, 1.54) is 0 Å². The van der Waals surface area contributed by atoms with Crippen molar-refractivity contribution < 1.29 is 14.0 Å². The maximum atomic E-state index is 6.03. The van der Waals surface area contributed by atoms with Gasteiger partial charge in [0.15, 0.2) is 23.9 Å². The van der Waals surface area contributed by atoms with Gasteiger partial charge in [0.25, 0.3) is 5.89 Å². The number of benzene rings is 1. The summed E-state index contributed by atoms with van der Waals surface area (Å²) < 4.78 is 16.8. The molecule has 7 heteroatoms. The Balaban J connectivity index is 1.43. The molecular weight excluding hydrogens is 306 g/mol. The monoisotopic (exact) mass is 321 g/mol. The molecule has 0 bridgehead atoms. The summed E-state index contributed by atoms with van der Waals surface area (Å²) >= 11 is 6.03. The van der Waals surface area contributed by atoms with E-state index >= 15 is 0 Å². The first-order chi connectivity index (χ1) is 10.8. The quantitative estimate of drug-likeness (QED) is 0.881. The fourth-order valence-electron chi connectivity index (χ4n) is 2.19. The second-order valence-electron chi connectivity index (χ2n) is 5.60. The Morgan fingerprint density at radius 1 is 1.27 bits per heavy atom. The first-order valence-electron chi connectivity index (χ1n) is 7.40. The molecule has 2 aliphatic rings. The van der Waals surface area contributed by atoms with Gasteiger partial charge in [-0.15, -0.1) is 0 Å². The SMILES string of the molecule is Clc1ccc(OCc2nc(C3CC3)no2)c(OC2CNC2)c1. The second-order valence-corrected chi connectivity index (χ2v) is 6.03. The molecule has 1 saturated carbocycles. The molecule has 116 valence electrons. The highest BCUT2D eigenvalue weighted by Crippen LogP contribution is 2.38. The molecule has 2 fully saturated rings. The van der Waals surface area contributed by atoms with Crippen molar-refractivity contribution in [3.05, 3.63) is 34.9 Å². The lowest BCUT2D eigenvalue weighted by Gasteiger charge is -2.28. The number of nitrogens with zero attached hydrogens (tertiary/aromatic N) is 2. The van der Waals surface area contributed by atoms with Crippen molar-refractivity contribution in [1.82, 2.24) is 15.5 Å². The first-order valence-corrected chi connectivity index (χ1v) is 7.78. The Bertz CT molecular complexity index is 668. The molecule has 0 unspecified atom stereocenters. The lowest BCUT2D eigenvalue weighted by atomic mass is 10.2. The topological polar surface area (TPSA) is 69.4 Å². The third-order valence-electron chi connectivity index (χ3n) is 3.72. The first kappa shape index (κ1) is 13.8. The van der Waals surface area contributed by atoms with Crippen LogP contribution in [-0.2, 0) is 6.61 Å². The van der Waals surface area contributed by atoms with Crippen LogP contribution in [0.2, 0.25) is 5.02 Å². The number of halogens is 1. The molecule has 6 nitrogen and oxygen atoms in total. The normalized spacial score (nSPS) is 18.0. The van der Waals surface area contributed by atoms with Gasteiger partial charge in [-0.05, 0) is 25.0 Å². The highest BCUT2D eigenvalue weighted by Gasteiger charge is 2.29. The molecule has 2 aromatic rings. The maximum absolute atomic E-state index is 6.03. The summed E-state index contributed by atoms with van der Waals surface area (Å²) in [5, 5.41) is 7.75. The van der Waals surface area contributed by atoms with E-state index in [1.807, 2.05) is 0 Å². The van der Waals surface area contributed by atoms with Gasteiger partial charge in [-0.3, -0.25) is 0 Å². The van der Waals surface area contributed by atoms with Gasteiger partial charge in [-0.25, -0.2) is 0 Å². The maximum Gasteiger partial charge on any atom is 0.264 e. The lowest BCUT2D eigenvalue weighted by Crippen LogP contribution is -2.50. The summed E-state index contributed by atoms with van der Waals surface area (Å²) in [5.41, 5.74) is 0. The zero-order valence-electron chi connectivity index (χ0n) is 11.9. The average Bonchev–Trinajstić information content (AvgIpc) is 3.21. The van der Waals surface area contributed by atoms with E-state index in [0.717, 1.165) is 31.8 Å². The molecule has 1 aromatic carbocycles. The summed E-state index contributed by atoms with van der Waals surface area (Å²) in [6, 6.07) is 5.33. The second kappa shape index (κ2) is 5.78. The van der Waals surface area contributed by atoms with Gasteiger partial charge >= 0.3 is 0 Å². The predicted octanol–water partition coefficient (Wildman–Crippen LogP) is 2.53. The lowest BCUT2D eigenvalue weighted by molar-refractivity contribution is 0.133. The highest BCUT2D eigenvalue weighted by molar-refractivity contribution is 6.30. The molecule has 0 radical (unpaired) electrons. The highest BCUT2D eigenvalue weighted by atomic mass is 35.5. The number of aromatic nitrogens is 2. The number of ether oxygens (including phenoxy) is 2. The minimum atomic E-state index is 0.158. The fourth-order valence-corrected chi connectivity index (χ4v) is 2.35. The Kier molecular flexibility index (Phi) is 3.63. The summed E-state index contributed by atoms with van der Waals surface area (Å²) in [6.45, 7) is 1.89. The van der Waals surface area contributed by atoms with Gasteiger partial charge in [-0.1, -0.05) is 16.8 Å². The molecule has 1 aliphatic heterocycles. The summed E-state index contributed by atoms with van der Waals surface area (Å²) in [5.74, 6) is 3.00. The zero-order chi connectivity index (χ0) is 14.9. The molecule has 2 heterocycles. The summed E-state index contributed by atoms with van der Waals surface area (Å²) in [7, 11) is 0. The molecule has 1 aliphatic carbocycles. The van der Waals surface area contributed by atoms with Crippen molar-refractivity contribution in [2.24, 2.45) is 0 Å². The van der Waals surface area contributed by atoms with Crippen LogP contribution in [0.1, 0.15) is 30.5 Å². The van der Waals surface area contributed by atoms with Crippen LogP contribution in [-0.4, -0.2) is 29.3 Å². The van der Waals surface area contributed by atoms with Crippen LogP contribution in [0.4, 0.5) is 0 Å². The van der Waals surface area contributed by atoms with E-state index in [2.05, 4.69) is 15.5 Å². The largest absolute Gasteiger partial charge is 0.484 e. The van der Waals surface area contributed by atoms with Crippen molar-refractivity contribution in [1.29, 1.82) is 0 Å². The van der Waals surface area contributed by atoms with Gasteiger partial charge in [0.1, 0.15) is 6.10 Å². The minimum Gasteiger partial charge on any atom is -0.484 e. The van der Waals surface area contributed by atoms with Gasteiger partial charge in [0.2, 0.25) is 0 Å². The van der Waals surface area contributed by atoms with Crippen LogP contribution in [0, 0.1) is 0 Å². The van der Waals surface area contributed by atoms with Crippen molar-refractivity contribution >= 4 is 11.6 Å². The Hall–Kier alpha value is -1.79. The van der Waals surface area contributed by atoms with Gasteiger partial charge in [-0.2, -0.15) is 4.98 Å². The molecule has 1 saturated heterocycles. The summed E-state index contributed by atoms with van der Waals surface area (Å²) in [4.78, 5) is 4.34. The molecule has 4 rings (SSSR count). The van der Waals surface area contributed by atoms with E-state index in [0.29, 0.717) is 28.3 Å². The smallest absolute Gasteiger partial charge is 0.264 e. The fraction of sp³-hybridized carbons (Fsp3) is 0.467. The van der Waals surface area contributed by atoms with Gasteiger partial charge in [0.05, 0.1) is 0 Å². The Morgan fingerprint density at radius 3 is 2.86 bits per heavy atom. The standard InChI is InChI=1S/C15H16ClN3O3/c16-10-3-4-12(13(5-10)21-11-6-17-7-11)20-8-14-18-15(19-22-14)9-1-2-9/h3-5,9,11,17H,1-2,6-8H2. The van der Waals surface area contributed by atoms with E-state index < -0.39 is 0 Å². The average molecular weight is 322 g/mol. The van der Waals surface area contributed by atoms with Crippen LogP contribution in [0.5, 0.6) is 11.5 Å². The van der Waals surface area contributed by atoms with E-state index in [9.17, 15) is 0 Å².